The Labute approximate surface area is 139 Å². The Morgan fingerprint density at radius 2 is 1.91 bits per heavy atom. The normalized spacial score (nSPS) is 23.8. The lowest BCUT2D eigenvalue weighted by Crippen LogP contribution is -2.37. The standard InChI is InChI=1S/C12H23N2O4PS.C2H6/c1-19(20)18-11-5-3-10(4-6-11)17-14-9(8-15)2-7-12(13)16;1-2/h8-11,14,20H,2-7H2,1H3,(H2,13,16);1-2H3. The summed E-state index contributed by atoms with van der Waals surface area (Å²) in [5.74, 6) is -0.417. The van der Waals surface area contributed by atoms with E-state index in [2.05, 4.69) is 17.7 Å². The van der Waals surface area contributed by atoms with E-state index in [-0.39, 0.29) is 18.6 Å². The van der Waals surface area contributed by atoms with Crippen molar-refractivity contribution in [1.82, 2.24) is 5.48 Å². The van der Waals surface area contributed by atoms with E-state index in [9.17, 15) is 9.59 Å². The lowest BCUT2D eigenvalue weighted by Gasteiger charge is -2.29. The minimum Gasteiger partial charge on any atom is -0.370 e. The quantitative estimate of drug-likeness (QED) is 0.257. The average Bonchev–Trinajstić information content (AvgIpc) is 2.50. The van der Waals surface area contributed by atoms with Gasteiger partial charge in [0.25, 0.3) is 0 Å². The van der Waals surface area contributed by atoms with Crippen molar-refractivity contribution in [3.63, 3.8) is 0 Å². The van der Waals surface area contributed by atoms with Crippen LogP contribution in [0, 0.1) is 0 Å². The van der Waals surface area contributed by atoms with Gasteiger partial charge in [-0.2, -0.15) is 5.48 Å². The van der Waals surface area contributed by atoms with Gasteiger partial charge < -0.3 is 15.1 Å². The zero-order valence-electron chi connectivity index (χ0n) is 13.7. The highest BCUT2D eigenvalue weighted by Crippen LogP contribution is 2.41. The SMILES string of the molecule is CC.CP(S)OC1CCC(ONC(C=O)CCC(N)=O)CC1. The zero-order chi connectivity index (χ0) is 17.0. The van der Waals surface area contributed by atoms with Gasteiger partial charge in [0.2, 0.25) is 5.91 Å². The van der Waals surface area contributed by atoms with Gasteiger partial charge in [0.15, 0.2) is 0 Å². The summed E-state index contributed by atoms with van der Waals surface area (Å²) < 4.78 is 5.70. The average molecular weight is 352 g/mol. The van der Waals surface area contributed by atoms with E-state index >= 15 is 0 Å². The highest BCUT2D eigenvalue weighted by Gasteiger charge is 2.24. The highest BCUT2D eigenvalue weighted by molar-refractivity contribution is 8.43. The lowest BCUT2D eigenvalue weighted by molar-refractivity contribution is -0.121. The van der Waals surface area contributed by atoms with E-state index < -0.39 is 19.3 Å². The molecule has 0 heterocycles. The second-order valence-electron chi connectivity index (χ2n) is 4.95. The number of nitrogens with one attached hydrogen (secondary N) is 1. The smallest absolute Gasteiger partial charge is 0.217 e. The molecule has 1 amide bonds. The fourth-order valence-electron chi connectivity index (χ4n) is 2.11. The van der Waals surface area contributed by atoms with Gasteiger partial charge in [-0.05, 0) is 38.8 Å². The molecule has 8 heteroatoms. The summed E-state index contributed by atoms with van der Waals surface area (Å²) >= 11 is 4.27. The van der Waals surface area contributed by atoms with Gasteiger partial charge in [-0.3, -0.25) is 9.63 Å². The molecule has 0 aromatic carbocycles. The second-order valence-corrected chi connectivity index (χ2v) is 7.78. The molecule has 1 aliphatic rings. The van der Waals surface area contributed by atoms with E-state index in [1.807, 2.05) is 20.5 Å². The van der Waals surface area contributed by atoms with Gasteiger partial charge in [-0.1, -0.05) is 13.8 Å². The van der Waals surface area contributed by atoms with Crippen LogP contribution in [0.25, 0.3) is 0 Å². The Balaban J connectivity index is 0.00000211. The molecular weight excluding hydrogens is 323 g/mol. The molecule has 22 heavy (non-hydrogen) atoms. The monoisotopic (exact) mass is 352 g/mol. The number of carbonyl (C=O) groups excluding carboxylic acids is 2. The van der Waals surface area contributed by atoms with Crippen molar-refractivity contribution in [2.45, 2.75) is 70.6 Å². The summed E-state index contributed by atoms with van der Waals surface area (Å²) in [6.45, 7) is 5.97. The van der Waals surface area contributed by atoms with Crippen molar-refractivity contribution < 1.29 is 19.0 Å². The van der Waals surface area contributed by atoms with Crippen LogP contribution in [-0.4, -0.2) is 37.1 Å². The first kappa shape index (κ1) is 21.8. The molecule has 3 N–H and O–H groups in total. The summed E-state index contributed by atoms with van der Waals surface area (Å²) in [6, 6.07) is -0.489. The molecule has 130 valence electrons. The number of hydrogen-bond donors (Lipinski definition) is 3. The molecule has 6 nitrogen and oxygen atoms in total. The van der Waals surface area contributed by atoms with E-state index in [0.717, 1.165) is 32.0 Å². The summed E-state index contributed by atoms with van der Waals surface area (Å²) in [6.07, 6.45) is 5.25. The maximum Gasteiger partial charge on any atom is 0.217 e. The summed E-state index contributed by atoms with van der Waals surface area (Å²) in [7, 11) is -0.622. The van der Waals surface area contributed by atoms with Gasteiger partial charge in [0.1, 0.15) is 6.29 Å². The van der Waals surface area contributed by atoms with Crippen molar-refractivity contribution in [1.29, 1.82) is 0 Å². The summed E-state index contributed by atoms with van der Waals surface area (Å²) in [4.78, 5) is 27.0. The van der Waals surface area contributed by atoms with Crippen LogP contribution in [0.4, 0.5) is 0 Å². The summed E-state index contributed by atoms with van der Waals surface area (Å²) in [5.41, 5.74) is 7.77. The zero-order valence-corrected chi connectivity index (χ0v) is 15.4. The molecule has 0 spiro atoms. The molecule has 1 rings (SSSR count). The van der Waals surface area contributed by atoms with Crippen LogP contribution in [-0.2, 0) is 19.0 Å². The largest absolute Gasteiger partial charge is 0.370 e. The van der Waals surface area contributed by atoms with Crippen LogP contribution in [0.3, 0.4) is 0 Å². The molecule has 1 aliphatic carbocycles. The topological polar surface area (TPSA) is 90.7 Å². The Morgan fingerprint density at radius 3 is 2.36 bits per heavy atom. The van der Waals surface area contributed by atoms with E-state index in [0.29, 0.717) is 6.42 Å². The number of primary amides is 1. The molecule has 0 aromatic rings. The van der Waals surface area contributed by atoms with Crippen molar-refractivity contribution in [3.8, 4) is 0 Å². The Kier molecular flexibility index (Phi) is 13.1. The molecule has 1 fully saturated rings. The molecular formula is C14H29N2O4PS. The van der Waals surface area contributed by atoms with Crippen molar-refractivity contribution >= 4 is 31.8 Å². The number of aldehydes is 1. The van der Waals surface area contributed by atoms with E-state index in [1.165, 1.54) is 0 Å². The number of thiol groups is 1. The second kappa shape index (κ2) is 13.3. The van der Waals surface area contributed by atoms with Crippen LogP contribution >= 0.6 is 19.6 Å². The number of amides is 1. The van der Waals surface area contributed by atoms with Crippen molar-refractivity contribution in [3.05, 3.63) is 0 Å². The lowest BCUT2D eigenvalue weighted by atomic mass is 9.95. The number of carbonyl (C=O) groups is 2. The fraction of sp³-hybridized carbons (Fsp3) is 0.857. The molecule has 0 saturated heterocycles. The predicted octanol–water partition coefficient (Wildman–Crippen LogP) is 2.57. The van der Waals surface area contributed by atoms with Gasteiger partial charge in [-0.15, -0.1) is 12.2 Å². The van der Waals surface area contributed by atoms with Crippen LogP contribution in [0.5, 0.6) is 0 Å². The van der Waals surface area contributed by atoms with E-state index in [1.54, 1.807) is 0 Å². The molecule has 1 saturated carbocycles. The first-order chi connectivity index (χ1) is 10.5. The Morgan fingerprint density at radius 1 is 1.36 bits per heavy atom. The first-order valence-corrected chi connectivity index (χ1v) is 10.6. The number of rotatable bonds is 9. The number of nitrogens with two attached hydrogens (primary N) is 1. The third-order valence-electron chi connectivity index (χ3n) is 3.17. The van der Waals surface area contributed by atoms with Crippen LogP contribution in [0.1, 0.15) is 52.4 Å². The fourth-order valence-corrected chi connectivity index (χ4v) is 3.15. The minimum atomic E-state index is -0.622. The maximum absolute atomic E-state index is 10.8. The molecule has 0 aromatic heterocycles. The van der Waals surface area contributed by atoms with Crippen LogP contribution in [0.2, 0.25) is 0 Å². The Bertz CT molecular complexity index is 313. The molecule has 0 aliphatic heterocycles. The maximum atomic E-state index is 10.8. The minimum absolute atomic E-state index is 0.0777. The molecule has 2 unspecified atom stereocenters. The third-order valence-corrected chi connectivity index (χ3v) is 4.06. The number of hydrogen-bond acceptors (Lipinski definition) is 6. The van der Waals surface area contributed by atoms with Gasteiger partial charge in [0, 0.05) is 6.42 Å². The predicted molar refractivity (Wildman–Crippen MR) is 92.8 cm³/mol. The van der Waals surface area contributed by atoms with Crippen LogP contribution < -0.4 is 11.2 Å². The molecule has 0 radical (unpaired) electrons. The first-order valence-electron chi connectivity index (χ1n) is 7.75. The van der Waals surface area contributed by atoms with E-state index in [4.69, 9.17) is 15.1 Å². The molecule has 2 atom stereocenters. The van der Waals surface area contributed by atoms with Crippen molar-refractivity contribution in [2.24, 2.45) is 5.73 Å². The Hall–Kier alpha value is -0.200. The summed E-state index contributed by atoms with van der Waals surface area (Å²) in [5, 5.41) is 0. The van der Waals surface area contributed by atoms with Crippen LogP contribution in [0.15, 0.2) is 0 Å². The van der Waals surface area contributed by atoms with Crippen molar-refractivity contribution in [2.75, 3.05) is 6.66 Å². The molecule has 0 bridgehead atoms. The highest BCUT2D eigenvalue weighted by atomic mass is 32.7. The van der Waals surface area contributed by atoms with Gasteiger partial charge >= 0.3 is 0 Å². The number of hydroxylamine groups is 1. The third kappa shape index (κ3) is 10.5. The van der Waals surface area contributed by atoms with Gasteiger partial charge in [-0.25, -0.2) is 0 Å². The van der Waals surface area contributed by atoms with Gasteiger partial charge in [0.05, 0.1) is 25.6 Å².